The summed E-state index contributed by atoms with van der Waals surface area (Å²) in [7, 11) is 1.72. The summed E-state index contributed by atoms with van der Waals surface area (Å²) < 4.78 is 5.11. The van der Waals surface area contributed by atoms with Gasteiger partial charge in [-0.2, -0.15) is 0 Å². The van der Waals surface area contributed by atoms with Gasteiger partial charge >= 0.3 is 5.97 Å². The Morgan fingerprint density at radius 2 is 2.10 bits per heavy atom. The predicted molar refractivity (Wildman–Crippen MR) is 76.9 cm³/mol. The molecule has 0 bridgehead atoms. The molecule has 1 saturated heterocycles. The molecule has 0 saturated carbocycles. The molecule has 0 aliphatic carbocycles. The van der Waals surface area contributed by atoms with E-state index in [9.17, 15) is 9.59 Å². The Labute approximate surface area is 121 Å². The van der Waals surface area contributed by atoms with E-state index in [0.29, 0.717) is 19.7 Å². The van der Waals surface area contributed by atoms with Crippen LogP contribution in [0, 0.1) is 11.8 Å². The van der Waals surface area contributed by atoms with Crippen LogP contribution in [0.3, 0.4) is 0 Å². The summed E-state index contributed by atoms with van der Waals surface area (Å²) in [4.78, 5) is 26.5. The lowest BCUT2D eigenvalue weighted by atomic mass is 10.0. The Morgan fingerprint density at radius 1 is 1.35 bits per heavy atom. The summed E-state index contributed by atoms with van der Waals surface area (Å²) in [5.74, 6) is 5.87. The fourth-order valence-corrected chi connectivity index (χ4v) is 2.13. The smallest absolute Gasteiger partial charge is 0.323 e. The van der Waals surface area contributed by atoms with E-state index < -0.39 is 0 Å². The normalized spacial score (nSPS) is 18.9. The van der Waals surface area contributed by atoms with E-state index in [1.54, 1.807) is 11.9 Å². The van der Waals surface area contributed by atoms with E-state index in [0.717, 1.165) is 25.8 Å². The van der Waals surface area contributed by atoms with Crippen molar-refractivity contribution in [3.8, 4) is 11.8 Å². The van der Waals surface area contributed by atoms with Gasteiger partial charge in [-0.1, -0.05) is 18.3 Å². The van der Waals surface area contributed by atoms with Crippen LogP contribution < -0.4 is 0 Å². The lowest BCUT2D eigenvalue weighted by Gasteiger charge is -2.32. The average molecular weight is 280 g/mol. The molecule has 0 aromatic heterocycles. The third kappa shape index (κ3) is 5.22. The topological polar surface area (TPSA) is 49.9 Å². The summed E-state index contributed by atoms with van der Waals surface area (Å²) >= 11 is 0. The minimum atomic E-state index is -0.163. The van der Waals surface area contributed by atoms with Crippen LogP contribution in [0.15, 0.2) is 0 Å². The minimum absolute atomic E-state index is 0.00155. The molecule has 1 fully saturated rings. The van der Waals surface area contributed by atoms with Gasteiger partial charge in [0.1, 0.15) is 6.04 Å². The molecule has 0 radical (unpaired) electrons. The van der Waals surface area contributed by atoms with Crippen LogP contribution in [-0.4, -0.2) is 61.0 Å². The van der Waals surface area contributed by atoms with Crippen molar-refractivity contribution in [2.75, 3.05) is 33.3 Å². The molecule has 0 unspecified atom stereocenters. The fourth-order valence-electron chi connectivity index (χ4n) is 2.13. The van der Waals surface area contributed by atoms with Gasteiger partial charge in [-0.15, -0.1) is 0 Å². The maximum absolute atomic E-state index is 11.9. The first-order valence-electron chi connectivity index (χ1n) is 7.14. The van der Waals surface area contributed by atoms with Crippen molar-refractivity contribution in [1.82, 2.24) is 9.80 Å². The Hall–Kier alpha value is -1.54. The monoisotopic (exact) mass is 280 g/mol. The number of hydrogen-bond acceptors (Lipinski definition) is 4. The lowest BCUT2D eigenvalue weighted by Crippen LogP contribution is -2.45. The number of piperidine rings is 1. The molecule has 5 nitrogen and oxygen atoms in total. The van der Waals surface area contributed by atoms with Gasteiger partial charge in [0, 0.05) is 14.0 Å². The van der Waals surface area contributed by atoms with Crippen molar-refractivity contribution >= 4 is 11.9 Å². The highest BCUT2D eigenvalue weighted by atomic mass is 16.5. The number of carbonyl (C=O) groups excluding carboxylic acids is 2. The van der Waals surface area contributed by atoms with Crippen LogP contribution in [-0.2, 0) is 14.3 Å². The third-order valence-corrected chi connectivity index (χ3v) is 3.43. The van der Waals surface area contributed by atoms with E-state index in [-0.39, 0.29) is 17.9 Å². The zero-order valence-electron chi connectivity index (χ0n) is 12.6. The highest BCUT2D eigenvalue weighted by Gasteiger charge is 2.28. The molecule has 0 aromatic carbocycles. The molecule has 1 aliphatic heterocycles. The second-order valence-corrected chi connectivity index (χ2v) is 4.96. The molecule has 1 rings (SSSR count). The van der Waals surface area contributed by atoms with Crippen LogP contribution in [0.2, 0.25) is 0 Å². The van der Waals surface area contributed by atoms with Crippen molar-refractivity contribution in [2.45, 2.75) is 39.2 Å². The largest absolute Gasteiger partial charge is 0.465 e. The SMILES string of the molecule is CCOC(=O)[C@H]1CCCCN1CC#CCN(C)C(C)=O. The first-order valence-corrected chi connectivity index (χ1v) is 7.14. The molecule has 0 aromatic rings. The van der Waals surface area contributed by atoms with Crippen molar-refractivity contribution in [2.24, 2.45) is 0 Å². The van der Waals surface area contributed by atoms with E-state index in [1.807, 2.05) is 6.92 Å². The number of rotatable bonds is 4. The Morgan fingerprint density at radius 3 is 2.75 bits per heavy atom. The van der Waals surface area contributed by atoms with Crippen LogP contribution in [0.1, 0.15) is 33.1 Å². The van der Waals surface area contributed by atoms with Crippen LogP contribution in [0.4, 0.5) is 0 Å². The molecule has 0 N–H and O–H groups in total. The number of esters is 1. The molecule has 112 valence electrons. The first kappa shape index (κ1) is 16.5. The molecule has 1 aliphatic rings. The number of carbonyl (C=O) groups is 2. The summed E-state index contributed by atoms with van der Waals surface area (Å²) in [5.41, 5.74) is 0. The van der Waals surface area contributed by atoms with Crippen LogP contribution >= 0.6 is 0 Å². The molecule has 1 atom stereocenters. The standard InChI is InChI=1S/C15H24N2O3/c1-4-20-15(19)14-9-5-6-11-17(14)12-8-7-10-16(3)13(2)18/h14H,4-6,9-12H2,1-3H3/t14-/m1/s1. The van der Waals surface area contributed by atoms with Gasteiger partial charge in [0.2, 0.25) is 5.91 Å². The quantitative estimate of drug-likeness (QED) is 0.567. The maximum atomic E-state index is 11.9. The van der Waals surface area contributed by atoms with E-state index >= 15 is 0 Å². The zero-order chi connectivity index (χ0) is 15.0. The van der Waals surface area contributed by atoms with Crippen LogP contribution in [0.5, 0.6) is 0 Å². The molecule has 20 heavy (non-hydrogen) atoms. The van der Waals surface area contributed by atoms with E-state index in [2.05, 4.69) is 16.7 Å². The fraction of sp³-hybridized carbons (Fsp3) is 0.733. The molecule has 1 amide bonds. The second-order valence-electron chi connectivity index (χ2n) is 4.96. The number of amides is 1. The molecule has 0 spiro atoms. The average Bonchev–Trinajstić information content (AvgIpc) is 2.43. The summed E-state index contributed by atoms with van der Waals surface area (Å²) in [5, 5.41) is 0. The van der Waals surface area contributed by atoms with Crippen LogP contribution in [0.25, 0.3) is 0 Å². The zero-order valence-corrected chi connectivity index (χ0v) is 12.6. The van der Waals surface area contributed by atoms with Crippen molar-refractivity contribution in [3.63, 3.8) is 0 Å². The summed E-state index contributed by atoms with van der Waals surface area (Å²) in [6.45, 7) is 5.60. The third-order valence-electron chi connectivity index (χ3n) is 3.43. The predicted octanol–water partition coefficient (Wildman–Crippen LogP) is 0.886. The lowest BCUT2D eigenvalue weighted by molar-refractivity contribution is -0.150. The highest BCUT2D eigenvalue weighted by molar-refractivity contribution is 5.76. The van der Waals surface area contributed by atoms with Gasteiger partial charge in [-0.3, -0.25) is 14.5 Å². The first-order chi connectivity index (χ1) is 9.56. The number of likely N-dealkylation sites (tertiary alicyclic amines) is 1. The molecule has 5 heteroatoms. The van der Waals surface area contributed by atoms with Gasteiger partial charge < -0.3 is 9.64 Å². The van der Waals surface area contributed by atoms with Gasteiger partial charge in [-0.05, 0) is 26.3 Å². The van der Waals surface area contributed by atoms with Crippen molar-refractivity contribution in [3.05, 3.63) is 0 Å². The highest BCUT2D eigenvalue weighted by Crippen LogP contribution is 2.17. The number of hydrogen-bond donors (Lipinski definition) is 0. The van der Waals surface area contributed by atoms with Crippen molar-refractivity contribution in [1.29, 1.82) is 0 Å². The maximum Gasteiger partial charge on any atom is 0.323 e. The minimum Gasteiger partial charge on any atom is -0.465 e. The molecular weight excluding hydrogens is 256 g/mol. The summed E-state index contributed by atoms with van der Waals surface area (Å²) in [6.07, 6.45) is 2.99. The van der Waals surface area contributed by atoms with Gasteiger partial charge in [0.15, 0.2) is 0 Å². The Kier molecular flexibility index (Phi) is 7.10. The van der Waals surface area contributed by atoms with Crippen molar-refractivity contribution < 1.29 is 14.3 Å². The molecule has 1 heterocycles. The van der Waals surface area contributed by atoms with E-state index in [1.165, 1.54) is 6.92 Å². The summed E-state index contributed by atoms with van der Waals surface area (Å²) in [6, 6.07) is -0.163. The van der Waals surface area contributed by atoms with E-state index in [4.69, 9.17) is 4.74 Å². The number of nitrogens with zero attached hydrogens (tertiary/aromatic N) is 2. The Bertz CT molecular complexity index is 398. The van der Waals surface area contributed by atoms with Gasteiger partial charge in [-0.25, -0.2) is 0 Å². The second kappa shape index (κ2) is 8.60. The van der Waals surface area contributed by atoms with Gasteiger partial charge in [0.25, 0.3) is 0 Å². The Balaban J connectivity index is 2.49. The van der Waals surface area contributed by atoms with Gasteiger partial charge in [0.05, 0.1) is 19.7 Å². The molecular formula is C15H24N2O3. The number of ether oxygens (including phenoxy) is 1.